The van der Waals surface area contributed by atoms with Crippen LogP contribution in [0.3, 0.4) is 0 Å². The first-order valence-electron chi connectivity index (χ1n) is 17.8. The molecule has 3 heteroatoms. The molecule has 0 aromatic heterocycles. The number of halogens is 2. The predicted octanol–water partition coefficient (Wildman–Crippen LogP) is 13.7. The lowest BCUT2D eigenvalue weighted by Crippen LogP contribution is -2.55. The van der Waals surface area contributed by atoms with Crippen molar-refractivity contribution < 1.29 is 4.48 Å². The SMILES string of the molecule is CCCCCCCCCCCCCCCCCC(I)[N+]1(C(I)CCCCCCCCCCCC)CCCC1. The summed E-state index contributed by atoms with van der Waals surface area (Å²) in [6.45, 7) is 7.54. The summed E-state index contributed by atoms with van der Waals surface area (Å²) in [5, 5.41) is 0. The first-order valence-corrected chi connectivity index (χ1v) is 20.3. The van der Waals surface area contributed by atoms with Crippen molar-refractivity contribution >= 4 is 45.2 Å². The van der Waals surface area contributed by atoms with Gasteiger partial charge in [0.05, 0.1) is 13.1 Å². The van der Waals surface area contributed by atoms with E-state index in [1.807, 2.05) is 0 Å². The molecule has 0 saturated carbocycles. The van der Waals surface area contributed by atoms with E-state index < -0.39 is 0 Å². The second-order valence-electron chi connectivity index (χ2n) is 12.8. The molecule has 0 aliphatic carbocycles. The summed E-state index contributed by atoms with van der Waals surface area (Å²) in [5.74, 6) is 0. The third-order valence-electron chi connectivity index (χ3n) is 9.36. The van der Waals surface area contributed by atoms with Gasteiger partial charge in [0.15, 0.2) is 0 Å². The predicted molar refractivity (Wildman–Crippen MR) is 191 cm³/mol. The average molecular weight is 759 g/mol. The molecule has 0 bridgehead atoms. The summed E-state index contributed by atoms with van der Waals surface area (Å²) in [5.41, 5.74) is 0. The number of hydrogen-bond acceptors (Lipinski definition) is 0. The Bertz CT molecular complexity index is 477. The van der Waals surface area contributed by atoms with Crippen LogP contribution in [0.1, 0.15) is 200 Å². The molecule has 1 rings (SSSR count). The zero-order chi connectivity index (χ0) is 27.6. The van der Waals surface area contributed by atoms with Crippen LogP contribution < -0.4 is 0 Å². The first kappa shape index (κ1) is 37.4. The van der Waals surface area contributed by atoms with Crippen LogP contribution in [0.25, 0.3) is 0 Å². The van der Waals surface area contributed by atoms with Crippen LogP contribution in [-0.2, 0) is 0 Å². The van der Waals surface area contributed by atoms with Crippen LogP contribution in [0.5, 0.6) is 0 Å². The zero-order valence-corrected chi connectivity index (χ0v) is 30.6. The normalized spacial score (nSPS) is 16.7. The van der Waals surface area contributed by atoms with Crippen molar-refractivity contribution in [1.82, 2.24) is 0 Å². The quantitative estimate of drug-likeness (QED) is 0.0234. The molecule has 1 aliphatic rings. The van der Waals surface area contributed by atoms with Gasteiger partial charge in [0.1, 0.15) is 8.10 Å². The molecular weight excluding hydrogens is 688 g/mol. The lowest BCUT2D eigenvalue weighted by molar-refractivity contribution is -0.929. The highest BCUT2D eigenvalue weighted by Gasteiger charge is 2.43. The average Bonchev–Trinajstić information content (AvgIpc) is 3.43. The van der Waals surface area contributed by atoms with Crippen molar-refractivity contribution in [3.05, 3.63) is 0 Å². The molecule has 1 aliphatic heterocycles. The van der Waals surface area contributed by atoms with Gasteiger partial charge in [0.25, 0.3) is 0 Å². The monoisotopic (exact) mass is 758 g/mol. The number of unbranched alkanes of at least 4 members (excludes halogenated alkanes) is 23. The molecule has 228 valence electrons. The van der Waals surface area contributed by atoms with Gasteiger partial charge in [-0.15, -0.1) is 0 Å². The molecule has 0 aromatic rings. The van der Waals surface area contributed by atoms with Crippen molar-refractivity contribution in [2.24, 2.45) is 0 Å². The molecule has 0 aromatic carbocycles. The Kier molecular flexibility index (Phi) is 26.9. The number of hydrogen-bond donors (Lipinski definition) is 0. The van der Waals surface area contributed by atoms with Gasteiger partial charge < -0.3 is 4.48 Å². The van der Waals surface area contributed by atoms with Crippen LogP contribution in [0.2, 0.25) is 0 Å². The molecule has 1 nitrogen and oxygen atoms in total. The van der Waals surface area contributed by atoms with Crippen LogP contribution in [0, 0.1) is 0 Å². The van der Waals surface area contributed by atoms with E-state index in [2.05, 4.69) is 59.0 Å². The van der Waals surface area contributed by atoms with Crippen molar-refractivity contribution in [2.45, 2.75) is 208 Å². The molecule has 0 amide bonds. The van der Waals surface area contributed by atoms with Gasteiger partial charge in [0, 0.05) is 25.7 Å². The fourth-order valence-electron chi connectivity index (χ4n) is 6.66. The fourth-order valence-corrected chi connectivity index (χ4v) is 10.0. The summed E-state index contributed by atoms with van der Waals surface area (Å²) < 4.78 is 3.14. The maximum atomic E-state index is 2.87. The van der Waals surface area contributed by atoms with Crippen molar-refractivity contribution in [1.29, 1.82) is 0 Å². The summed E-state index contributed by atoms with van der Waals surface area (Å²) in [4.78, 5) is 0. The van der Waals surface area contributed by atoms with E-state index in [1.165, 1.54) is 204 Å². The minimum Gasteiger partial charge on any atom is -0.303 e. The second kappa shape index (κ2) is 27.3. The maximum absolute atomic E-state index is 2.87. The summed E-state index contributed by atoms with van der Waals surface area (Å²) in [7, 11) is 0. The molecule has 1 fully saturated rings. The Morgan fingerprint density at radius 2 is 0.632 bits per heavy atom. The van der Waals surface area contributed by atoms with E-state index in [0.29, 0.717) is 0 Å². The molecule has 2 unspecified atom stereocenters. The molecule has 0 radical (unpaired) electrons. The number of likely N-dealkylation sites (tertiary alicyclic amines) is 1. The third-order valence-corrected chi connectivity index (χ3v) is 12.8. The van der Waals surface area contributed by atoms with E-state index in [0.717, 1.165) is 8.10 Å². The van der Waals surface area contributed by atoms with Gasteiger partial charge in [-0.2, -0.15) is 0 Å². The number of rotatable bonds is 29. The highest BCUT2D eigenvalue weighted by atomic mass is 127. The molecule has 1 saturated heterocycles. The van der Waals surface area contributed by atoms with Gasteiger partial charge in [-0.25, -0.2) is 0 Å². The minimum absolute atomic E-state index is 0.849. The smallest absolute Gasteiger partial charge is 0.140 e. The summed E-state index contributed by atoms with van der Waals surface area (Å²) >= 11 is 5.74. The van der Waals surface area contributed by atoms with E-state index in [4.69, 9.17) is 0 Å². The van der Waals surface area contributed by atoms with E-state index in [9.17, 15) is 0 Å². The van der Waals surface area contributed by atoms with Gasteiger partial charge >= 0.3 is 0 Å². The number of quaternary nitrogens is 1. The molecular formula is C35H70I2N+. The Morgan fingerprint density at radius 1 is 0.395 bits per heavy atom. The van der Waals surface area contributed by atoms with Crippen molar-refractivity contribution in [2.75, 3.05) is 13.1 Å². The lowest BCUT2D eigenvalue weighted by Gasteiger charge is -2.43. The van der Waals surface area contributed by atoms with E-state index in [-0.39, 0.29) is 0 Å². The Balaban J connectivity index is 2.03. The molecule has 38 heavy (non-hydrogen) atoms. The number of nitrogens with zero attached hydrogens (tertiary/aromatic N) is 1. The molecule has 2 atom stereocenters. The summed E-state index contributed by atoms with van der Waals surface area (Å²) in [6.07, 6.45) is 42.5. The van der Waals surface area contributed by atoms with Crippen molar-refractivity contribution in [3.63, 3.8) is 0 Å². The Hall–Kier alpha value is 1.42. The second-order valence-corrected chi connectivity index (χ2v) is 15.7. The van der Waals surface area contributed by atoms with Gasteiger partial charge in [-0.3, -0.25) is 0 Å². The highest BCUT2D eigenvalue weighted by molar-refractivity contribution is 14.1. The minimum atomic E-state index is 0.849. The number of alkyl halides is 2. The molecule has 0 N–H and O–H groups in total. The first-order chi connectivity index (χ1) is 18.7. The standard InChI is InChI=1S/C35H70I2N/c1-3-5-7-9-11-13-15-16-17-18-19-21-23-25-27-31-35(37)38(32-28-29-33-38)34(36)30-26-24-22-20-14-12-10-8-6-4-2/h34-35H,3-33H2,1-2H3/q+1. The topological polar surface area (TPSA) is 0 Å². The fraction of sp³-hybridized carbons (Fsp3) is 1.00. The maximum Gasteiger partial charge on any atom is 0.140 e. The Morgan fingerprint density at radius 3 is 0.895 bits per heavy atom. The van der Waals surface area contributed by atoms with Gasteiger partial charge in [-0.05, 0) is 58.0 Å². The van der Waals surface area contributed by atoms with Crippen LogP contribution >= 0.6 is 45.2 Å². The Labute approximate surface area is 269 Å². The lowest BCUT2D eigenvalue weighted by atomic mass is 10.0. The van der Waals surface area contributed by atoms with E-state index in [1.54, 1.807) is 0 Å². The van der Waals surface area contributed by atoms with Crippen LogP contribution in [-0.4, -0.2) is 25.7 Å². The van der Waals surface area contributed by atoms with Crippen molar-refractivity contribution in [3.8, 4) is 0 Å². The largest absolute Gasteiger partial charge is 0.303 e. The molecule has 1 heterocycles. The highest BCUT2D eigenvalue weighted by Crippen LogP contribution is 2.38. The van der Waals surface area contributed by atoms with Gasteiger partial charge in [-0.1, -0.05) is 162 Å². The molecule has 0 spiro atoms. The van der Waals surface area contributed by atoms with Crippen LogP contribution in [0.4, 0.5) is 0 Å². The van der Waals surface area contributed by atoms with Gasteiger partial charge in [0.2, 0.25) is 0 Å². The summed E-state index contributed by atoms with van der Waals surface area (Å²) in [6, 6.07) is 0. The van der Waals surface area contributed by atoms with Crippen LogP contribution in [0.15, 0.2) is 0 Å². The third kappa shape index (κ3) is 18.8. The zero-order valence-electron chi connectivity index (χ0n) is 26.3. The van der Waals surface area contributed by atoms with E-state index >= 15 is 0 Å².